The van der Waals surface area contributed by atoms with Gasteiger partial charge in [-0.05, 0) is 30.9 Å². The van der Waals surface area contributed by atoms with Gasteiger partial charge in [0, 0.05) is 12.1 Å². The smallest absolute Gasteiger partial charge is 0.306 e. The molecule has 0 unspecified atom stereocenters. The minimum atomic E-state index is -0.331. The van der Waals surface area contributed by atoms with E-state index in [1.807, 2.05) is 18.2 Å². The van der Waals surface area contributed by atoms with Crippen molar-refractivity contribution >= 4 is 17.6 Å². The minimum Gasteiger partial charge on any atom is -0.466 e. The topological polar surface area (TPSA) is 55.4 Å². The monoisotopic (exact) mass is 277 g/mol. The van der Waals surface area contributed by atoms with Gasteiger partial charge in [0.15, 0.2) is 0 Å². The van der Waals surface area contributed by atoms with Gasteiger partial charge in [0.25, 0.3) is 0 Å². The summed E-state index contributed by atoms with van der Waals surface area (Å²) in [6.07, 6.45) is 2.00. The average molecular weight is 277 g/mol. The van der Waals surface area contributed by atoms with Gasteiger partial charge in [-0.3, -0.25) is 9.59 Å². The molecule has 1 aromatic carbocycles. The summed E-state index contributed by atoms with van der Waals surface area (Å²) in [5.74, 6) is -0.476. The highest BCUT2D eigenvalue weighted by Gasteiger charge is 2.11. The number of para-hydroxylation sites is 1. The number of carbonyl (C=O) groups is 2. The summed E-state index contributed by atoms with van der Waals surface area (Å²) in [4.78, 5) is 23.2. The zero-order chi connectivity index (χ0) is 15.0. The van der Waals surface area contributed by atoms with Gasteiger partial charge in [0.1, 0.15) is 0 Å². The lowest BCUT2D eigenvalue weighted by Gasteiger charge is -2.14. The molecule has 0 fully saturated rings. The highest BCUT2D eigenvalue weighted by atomic mass is 16.5. The van der Waals surface area contributed by atoms with Crippen molar-refractivity contribution in [2.24, 2.45) is 0 Å². The third-order valence-corrected chi connectivity index (χ3v) is 3.12. The first-order valence-corrected chi connectivity index (χ1v) is 7.18. The number of nitrogens with one attached hydrogen (secondary N) is 1. The van der Waals surface area contributed by atoms with Gasteiger partial charge < -0.3 is 10.1 Å². The maximum atomic E-state index is 11.9. The van der Waals surface area contributed by atoms with Crippen LogP contribution in [0.1, 0.15) is 44.7 Å². The van der Waals surface area contributed by atoms with Gasteiger partial charge in [-0.2, -0.15) is 0 Å². The number of benzene rings is 1. The predicted octanol–water partition coefficient (Wildman–Crippen LogP) is 3.09. The van der Waals surface area contributed by atoms with Gasteiger partial charge >= 0.3 is 5.97 Å². The van der Waals surface area contributed by atoms with Crippen molar-refractivity contribution in [1.29, 1.82) is 0 Å². The molecule has 0 aliphatic rings. The van der Waals surface area contributed by atoms with E-state index < -0.39 is 0 Å². The van der Waals surface area contributed by atoms with Crippen LogP contribution in [0, 0.1) is 0 Å². The molecule has 0 spiro atoms. The Morgan fingerprint density at radius 3 is 2.15 bits per heavy atom. The first kappa shape index (κ1) is 16.2. The second-order valence-corrected chi connectivity index (χ2v) is 4.51. The van der Waals surface area contributed by atoms with Crippen molar-refractivity contribution in [1.82, 2.24) is 0 Å². The Labute approximate surface area is 120 Å². The zero-order valence-electron chi connectivity index (χ0n) is 12.5. The van der Waals surface area contributed by atoms with Crippen molar-refractivity contribution < 1.29 is 14.3 Å². The molecule has 20 heavy (non-hydrogen) atoms. The van der Waals surface area contributed by atoms with E-state index in [2.05, 4.69) is 19.2 Å². The van der Waals surface area contributed by atoms with Crippen LogP contribution in [0.25, 0.3) is 0 Å². The summed E-state index contributed by atoms with van der Waals surface area (Å²) in [5, 5.41) is 2.93. The maximum absolute atomic E-state index is 11.9. The Bertz CT molecular complexity index is 447. The molecule has 0 aromatic heterocycles. The van der Waals surface area contributed by atoms with Crippen LogP contribution in [0.2, 0.25) is 0 Å². The van der Waals surface area contributed by atoms with E-state index in [1.54, 1.807) is 6.92 Å². The molecule has 0 saturated heterocycles. The molecule has 0 aliphatic heterocycles. The normalized spacial score (nSPS) is 10.2. The van der Waals surface area contributed by atoms with Crippen LogP contribution < -0.4 is 5.32 Å². The number of hydrogen-bond acceptors (Lipinski definition) is 3. The summed E-state index contributed by atoms with van der Waals surface area (Å²) in [7, 11) is 0. The summed E-state index contributed by atoms with van der Waals surface area (Å²) in [6.45, 7) is 6.22. The fraction of sp³-hybridized carbons (Fsp3) is 0.500. The molecule has 0 radical (unpaired) electrons. The quantitative estimate of drug-likeness (QED) is 0.779. The number of ether oxygens (including phenoxy) is 1. The van der Waals surface area contributed by atoms with Crippen molar-refractivity contribution in [2.75, 3.05) is 11.9 Å². The van der Waals surface area contributed by atoms with Gasteiger partial charge in [-0.1, -0.05) is 32.0 Å². The lowest BCUT2D eigenvalue weighted by Crippen LogP contribution is -2.16. The van der Waals surface area contributed by atoms with E-state index in [-0.39, 0.29) is 24.7 Å². The number of hydrogen-bond donors (Lipinski definition) is 1. The standard InChI is InChI=1S/C16H23NO3/c1-4-12-8-7-9-13(5-2)16(12)17-14(18)10-11-15(19)20-6-3/h7-9H,4-6,10-11H2,1-3H3,(H,17,18). The van der Waals surface area contributed by atoms with Crippen LogP contribution >= 0.6 is 0 Å². The van der Waals surface area contributed by atoms with Crippen LogP contribution in [0.5, 0.6) is 0 Å². The van der Waals surface area contributed by atoms with Crippen molar-refractivity contribution in [3.8, 4) is 0 Å². The number of esters is 1. The van der Waals surface area contributed by atoms with Crippen LogP contribution in [0.15, 0.2) is 18.2 Å². The third kappa shape index (κ3) is 4.68. The van der Waals surface area contributed by atoms with Crippen molar-refractivity contribution in [2.45, 2.75) is 46.5 Å². The molecule has 1 N–H and O–H groups in total. The summed E-state index contributed by atoms with van der Waals surface area (Å²) < 4.78 is 4.81. The Hall–Kier alpha value is -1.84. The second kappa shape index (κ2) is 8.35. The molecule has 0 heterocycles. The molecule has 110 valence electrons. The second-order valence-electron chi connectivity index (χ2n) is 4.51. The van der Waals surface area contributed by atoms with Gasteiger partial charge in [0.2, 0.25) is 5.91 Å². The number of rotatable bonds is 7. The molecule has 1 rings (SSSR count). The third-order valence-electron chi connectivity index (χ3n) is 3.12. The summed E-state index contributed by atoms with van der Waals surface area (Å²) in [5.41, 5.74) is 3.13. The average Bonchev–Trinajstić information content (AvgIpc) is 2.45. The Morgan fingerprint density at radius 1 is 1.05 bits per heavy atom. The van der Waals surface area contributed by atoms with Crippen molar-refractivity contribution in [3.63, 3.8) is 0 Å². The Morgan fingerprint density at radius 2 is 1.65 bits per heavy atom. The summed E-state index contributed by atoms with van der Waals surface area (Å²) >= 11 is 0. The van der Waals surface area contributed by atoms with E-state index in [0.29, 0.717) is 6.61 Å². The number of carbonyl (C=O) groups excluding carboxylic acids is 2. The molecule has 0 saturated carbocycles. The number of anilines is 1. The summed E-state index contributed by atoms with van der Waals surface area (Å²) in [6, 6.07) is 6.03. The van der Waals surface area contributed by atoms with Crippen LogP contribution in [-0.4, -0.2) is 18.5 Å². The van der Waals surface area contributed by atoms with Crippen LogP contribution in [0.4, 0.5) is 5.69 Å². The van der Waals surface area contributed by atoms with E-state index in [9.17, 15) is 9.59 Å². The predicted molar refractivity (Wildman–Crippen MR) is 79.7 cm³/mol. The molecule has 0 atom stereocenters. The molecule has 0 bridgehead atoms. The lowest BCUT2D eigenvalue weighted by molar-refractivity contribution is -0.144. The molecule has 4 nitrogen and oxygen atoms in total. The van der Waals surface area contributed by atoms with Gasteiger partial charge in [0.05, 0.1) is 13.0 Å². The van der Waals surface area contributed by atoms with Gasteiger partial charge in [-0.15, -0.1) is 0 Å². The Kier molecular flexibility index (Phi) is 6.77. The van der Waals surface area contributed by atoms with E-state index in [4.69, 9.17) is 4.74 Å². The van der Waals surface area contributed by atoms with Crippen molar-refractivity contribution in [3.05, 3.63) is 29.3 Å². The lowest BCUT2D eigenvalue weighted by atomic mass is 10.0. The van der Waals surface area contributed by atoms with E-state index in [1.165, 1.54) is 0 Å². The SMILES string of the molecule is CCOC(=O)CCC(=O)Nc1c(CC)cccc1CC. The molecular formula is C16H23NO3. The van der Waals surface area contributed by atoms with Crippen LogP contribution in [-0.2, 0) is 27.2 Å². The first-order chi connectivity index (χ1) is 9.62. The van der Waals surface area contributed by atoms with E-state index in [0.717, 1.165) is 29.7 Å². The van der Waals surface area contributed by atoms with E-state index >= 15 is 0 Å². The molecule has 0 aliphatic carbocycles. The van der Waals surface area contributed by atoms with Gasteiger partial charge in [-0.25, -0.2) is 0 Å². The fourth-order valence-corrected chi connectivity index (χ4v) is 2.05. The number of amides is 1. The fourth-order valence-electron chi connectivity index (χ4n) is 2.05. The Balaban J connectivity index is 2.68. The largest absolute Gasteiger partial charge is 0.466 e. The number of aryl methyl sites for hydroxylation is 2. The highest BCUT2D eigenvalue weighted by molar-refractivity contribution is 5.94. The first-order valence-electron chi connectivity index (χ1n) is 7.18. The minimum absolute atomic E-state index is 0.120. The highest BCUT2D eigenvalue weighted by Crippen LogP contribution is 2.22. The molecule has 4 heteroatoms. The molecule has 1 amide bonds. The zero-order valence-corrected chi connectivity index (χ0v) is 12.5. The maximum Gasteiger partial charge on any atom is 0.306 e. The molecule has 1 aromatic rings. The van der Waals surface area contributed by atoms with Crippen LogP contribution in [0.3, 0.4) is 0 Å². The molecular weight excluding hydrogens is 254 g/mol.